The van der Waals surface area contributed by atoms with Crippen molar-refractivity contribution in [2.45, 2.75) is 58.8 Å². The van der Waals surface area contributed by atoms with Gasteiger partial charge in [0.15, 0.2) is 5.78 Å². The molecule has 1 saturated heterocycles. The molecule has 0 N–H and O–H groups in total. The molecule has 0 unspecified atom stereocenters. The van der Waals surface area contributed by atoms with Gasteiger partial charge in [-0.2, -0.15) is 0 Å². The van der Waals surface area contributed by atoms with Gasteiger partial charge < -0.3 is 9.64 Å². The molecule has 0 bridgehead atoms. The highest BCUT2D eigenvalue weighted by Crippen LogP contribution is 2.36. The van der Waals surface area contributed by atoms with E-state index in [-0.39, 0.29) is 16.4 Å². The van der Waals surface area contributed by atoms with Crippen LogP contribution in [0.25, 0.3) is 0 Å². The van der Waals surface area contributed by atoms with Crippen molar-refractivity contribution in [2.75, 3.05) is 18.0 Å². The van der Waals surface area contributed by atoms with Gasteiger partial charge in [0.25, 0.3) is 5.69 Å². The fourth-order valence-corrected chi connectivity index (χ4v) is 4.17. The number of unbranched alkanes of at least 4 members (excludes halogenated alkanes) is 1. The smallest absolute Gasteiger partial charge is 0.292 e. The highest BCUT2D eigenvalue weighted by atomic mass is 16.6. The number of carbonyl (C=O) groups excluding carboxylic acids is 1. The van der Waals surface area contributed by atoms with E-state index in [4.69, 9.17) is 4.74 Å². The van der Waals surface area contributed by atoms with Gasteiger partial charge in [-0.25, -0.2) is 0 Å². The number of Topliss-reactive ketones (excluding diaryl/α,β-unsaturated/α-hetero) is 1. The number of benzene rings is 2. The first-order valence-corrected chi connectivity index (χ1v) is 11.4. The zero-order valence-corrected chi connectivity index (χ0v) is 18.5. The number of piperidine rings is 1. The lowest BCUT2D eigenvalue weighted by molar-refractivity contribution is -0.384. The fourth-order valence-electron chi connectivity index (χ4n) is 4.17. The van der Waals surface area contributed by atoms with Crippen LogP contribution in [0, 0.1) is 16.0 Å². The molecule has 31 heavy (non-hydrogen) atoms. The predicted molar refractivity (Wildman–Crippen MR) is 123 cm³/mol. The first-order chi connectivity index (χ1) is 15.0. The van der Waals surface area contributed by atoms with Crippen molar-refractivity contribution < 1.29 is 14.5 Å². The molecule has 3 rings (SSSR count). The lowest BCUT2D eigenvalue weighted by Crippen LogP contribution is -2.34. The van der Waals surface area contributed by atoms with E-state index in [2.05, 4.69) is 18.7 Å². The summed E-state index contributed by atoms with van der Waals surface area (Å²) >= 11 is 0. The van der Waals surface area contributed by atoms with Gasteiger partial charge in [0.2, 0.25) is 0 Å². The summed E-state index contributed by atoms with van der Waals surface area (Å²) in [6, 6.07) is 12.0. The number of hydrogen-bond donors (Lipinski definition) is 0. The molecule has 2 aromatic carbocycles. The Bertz CT molecular complexity index is 887. The molecule has 2 aromatic rings. The molecule has 0 amide bonds. The van der Waals surface area contributed by atoms with E-state index in [1.807, 2.05) is 0 Å². The molecule has 1 heterocycles. The lowest BCUT2D eigenvalue weighted by Gasteiger charge is -2.33. The molecule has 6 nitrogen and oxygen atoms in total. The topological polar surface area (TPSA) is 72.7 Å². The van der Waals surface area contributed by atoms with E-state index >= 15 is 0 Å². The number of rotatable bonds is 10. The zero-order valence-electron chi connectivity index (χ0n) is 18.5. The first kappa shape index (κ1) is 22.8. The van der Waals surface area contributed by atoms with Crippen molar-refractivity contribution in [1.29, 1.82) is 0 Å². The Labute approximate surface area is 184 Å². The molecule has 0 spiro atoms. The number of nitro benzene ring substituents is 1. The number of anilines is 1. The summed E-state index contributed by atoms with van der Waals surface area (Å²) in [5.74, 6) is 2.01. The number of hydrogen-bond acceptors (Lipinski definition) is 5. The summed E-state index contributed by atoms with van der Waals surface area (Å²) in [6.07, 6.45) is 6.95. The highest BCUT2D eigenvalue weighted by molar-refractivity contribution is 5.96. The maximum Gasteiger partial charge on any atom is 0.292 e. The molecule has 0 radical (unpaired) electrons. The van der Waals surface area contributed by atoms with Crippen LogP contribution >= 0.6 is 0 Å². The van der Waals surface area contributed by atoms with Crippen molar-refractivity contribution in [3.8, 4) is 11.5 Å². The van der Waals surface area contributed by atoms with Gasteiger partial charge in [-0.05, 0) is 55.5 Å². The van der Waals surface area contributed by atoms with Crippen LogP contribution in [0.4, 0.5) is 11.4 Å². The average Bonchev–Trinajstić information content (AvgIpc) is 2.78. The minimum atomic E-state index is -0.325. The number of ether oxygens (including phenoxy) is 1. The Morgan fingerprint density at radius 3 is 2.35 bits per heavy atom. The van der Waals surface area contributed by atoms with E-state index < -0.39 is 0 Å². The monoisotopic (exact) mass is 424 g/mol. The summed E-state index contributed by atoms with van der Waals surface area (Å²) < 4.78 is 5.96. The van der Waals surface area contributed by atoms with Gasteiger partial charge in [-0.1, -0.05) is 33.1 Å². The van der Waals surface area contributed by atoms with Gasteiger partial charge in [-0.3, -0.25) is 14.9 Å². The van der Waals surface area contributed by atoms with Crippen LogP contribution in [-0.4, -0.2) is 23.8 Å². The summed E-state index contributed by atoms with van der Waals surface area (Å²) in [4.78, 5) is 25.5. The highest BCUT2D eigenvalue weighted by Gasteiger charge is 2.25. The normalized spacial score (nSPS) is 14.5. The fraction of sp³-hybridized carbons (Fsp3) is 0.480. The van der Waals surface area contributed by atoms with E-state index in [1.54, 1.807) is 36.4 Å². The van der Waals surface area contributed by atoms with Crippen LogP contribution in [0.5, 0.6) is 11.5 Å². The third-order valence-corrected chi connectivity index (χ3v) is 5.97. The largest absolute Gasteiger partial charge is 0.457 e. The molecule has 0 aliphatic carbocycles. The van der Waals surface area contributed by atoms with Gasteiger partial charge in [0.05, 0.1) is 4.92 Å². The third kappa shape index (κ3) is 6.06. The van der Waals surface area contributed by atoms with Crippen LogP contribution in [-0.2, 0) is 0 Å². The molecular weight excluding hydrogens is 392 g/mol. The molecule has 1 fully saturated rings. The maximum absolute atomic E-state index is 12.1. The van der Waals surface area contributed by atoms with Crippen molar-refractivity contribution in [2.24, 2.45) is 5.92 Å². The Morgan fingerprint density at radius 2 is 1.74 bits per heavy atom. The summed E-state index contributed by atoms with van der Waals surface area (Å²) in [7, 11) is 0. The standard InChI is InChI=1S/C25H32N2O4/c1-3-5-7-25(28)20-8-10-21(11-9-20)31-22-12-13-23(27(29)30)24(18-22)26-16-14-19(6-4-2)15-17-26/h8-13,18-19H,3-7,14-17H2,1-2H3. The zero-order chi connectivity index (χ0) is 22.2. The van der Waals surface area contributed by atoms with Crippen molar-refractivity contribution in [3.63, 3.8) is 0 Å². The number of nitro groups is 1. The number of carbonyl (C=O) groups is 1. The number of nitrogens with zero attached hydrogens (tertiary/aromatic N) is 2. The predicted octanol–water partition coefficient (Wildman–Crippen LogP) is 6.78. The Kier molecular flexibility index (Phi) is 8.04. The number of ketones is 1. The second-order valence-corrected chi connectivity index (χ2v) is 8.28. The SMILES string of the molecule is CCCCC(=O)c1ccc(Oc2ccc([N+](=O)[O-])c(N3CCC(CCC)CC3)c2)cc1. The van der Waals surface area contributed by atoms with E-state index in [1.165, 1.54) is 18.9 Å². The molecular formula is C25H32N2O4. The van der Waals surface area contributed by atoms with E-state index in [0.717, 1.165) is 38.8 Å². The van der Waals surface area contributed by atoms with Gasteiger partial charge in [0.1, 0.15) is 17.2 Å². The van der Waals surface area contributed by atoms with Gasteiger partial charge in [0, 0.05) is 37.2 Å². The average molecular weight is 425 g/mol. The first-order valence-electron chi connectivity index (χ1n) is 11.4. The molecule has 166 valence electrons. The van der Waals surface area contributed by atoms with E-state index in [0.29, 0.717) is 35.1 Å². The second-order valence-electron chi connectivity index (χ2n) is 8.28. The molecule has 1 aliphatic rings. The van der Waals surface area contributed by atoms with Crippen molar-refractivity contribution in [3.05, 3.63) is 58.1 Å². The maximum atomic E-state index is 12.1. The third-order valence-electron chi connectivity index (χ3n) is 5.97. The minimum Gasteiger partial charge on any atom is -0.457 e. The van der Waals surface area contributed by atoms with Crippen LogP contribution in [0.15, 0.2) is 42.5 Å². The van der Waals surface area contributed by atoms with Gasteiger partial charge in [-0.15, -0.1) is 0 Å². The molecule has 0 atom stereocenters. The van der Waals surface area contributed by atoms with Crippen LogP contribution in [0.1, 0.15) is 69.2 Å². The van der Waals surface area contributed by atoms with Gasteiger partial charge >= 0.3 is 0 Å². The van der Waals surface area contributed by atoms with E-state index in [9.17, 15) is 14.9 Å². The van der Waals surface area contributed by atoms with Crippen LogP contribution in [0.2, 0.25) is 0 Å². The molecule has 0 saturated carbocycles. The second kappa shape index (κ2) is 10.9. The summed E-state index contributed by atoms with van der Waals surface area (Å²) in [5.41, 5.74) is 1.40. The Balaban J connectivity index is 1.73. The Hall–Kier alpha value is -2.89. The molecule has 6 heteroatoms. The minimum absolute atomic E-state index is 0.109. The summed E-state index contributed by atoms with van der Waals surface area (Å²) in [6.45, 7) is 5.91. The molecule has 0 aromatic heterocycles. The lowest BCUT2D eigenvalue weighted by atomic mass is 9.92. The van der Waals surface area contributed by atoms with Crippen LogP contribution < -0.4 is 9.64 Å². The molecule has 1 aliphatic heterocycles. The van der Waals surface area contributed by atoms with Crippen LogP contribution in [0.3, 0.4) is 0 Å². The van der Waals surface area contributed by atoms with Crippen molar-refractivity contribution >= 4 is 17.2 Å². The quantitative estimate of drug-likeness (QED) is 0.239. The Morgan fingerprint density at radius 1 is 1.06 bits per heavy atom. The summed E-state index contributed by atoms with van der Waals surface area (Å²) in [5, 5.41) is 11.6. The van der Waals surface area contributed by atoms with Crippen molar-refractivity contribution in [1.82, 2.24) is 0 Å².